The molecule has 3 rings (SSSR count). The number of carbonyl (C=O) groups excluding carboxylic acids is 1. The Bertz CT molecular complexity index is 991. The van der Waals surface area contributed by atoms with E-state index in [0.717, 1.165) is 32.1 Å². The van der Waals surface area contributed by atoms with Crippen LogP contribution >= 0.6 is 0 Å². The van der Waals surface area contributed by atoms with Crippen molar-refractivity contribution in [2.75, 3.05) is 0 Å². The maximum absolute atomic E-state index is 12.6. The Kier molecular flexibility index (Phi) is 7.18. The van der Waals surface area contributed by atoms with Gasteiger partial charge in [-0.2, -0.15) is 0 Å². The van der Waals surface area contributed by atoms with Gasteiger partial charge in [-0.05, 0) is 63.7 Å². The summed E-state index contributed by atoms with van der Waals surface area (Å²) in [5.74, 6) is -3.79. The van der Waals surface area contributed by atoms with Gasteiger partial charge in [-0.25, -0.2) is 14.4 Å². The number of aliphatic carboxylic acids is 2. The number of carboxylic acids is 2. The molecule has 1 aromatic rings. The van der Waals surface area contributed by atoms with Gasteiger partial charge in [0.25, 0.3) is 0 Å². The number of hydrogen-bond acceptors (Lipinski definition) is 5. The van der Waals surface area contributed by atoms with Crippen molar-refractivity contribution in [3.05, 3.63) is 63.5 Å². The van der Waals surface area contributed by atoms with Gasteiger partial charge in [-0.15, -0.1) is 0 Å². The number of nitrogens with one attached hydrogen (secondary N) is 1. The lowest BCUT2D eigenvalue weighted by Gasteiger charge is -2.29. The summed E-state index contributed by atoms with van der Waals surface area (Å²) >= 11 is 0. The van der Waals surface area contributed by atoms with Crippen LogP contribution in [0.1, 0.15) is 69.9 Å². The first-order chi connectivity index (χ1) is 15.2. The quantitative estimate of drug-likeness (QED) is 0.446. The molecule has 1 aliphatic heterocycles. The molecule has 0 amide bonds. The molecule has 2 aliphatic rings. The number of ether oxygens (including phenoxy) is 1. The minimum absolute atomic E-state index is 0.0312. The fourth-order valence-corrected chi connectivity index (χ4v) is 4.50. The molecule has 7 nitrogen and oxygen atoms in total. The molecule has 7 heteroatoms. The summed E-state index contributed by atoms with van der Waals surface area (Å²) in [4.78, 5) is 36.8. The van der Waals surface area contributed by atoms with E-state index in [9.17, 15) is 24.6 Å². The third-order valence-electron chi connectivity index (χ3n) is 6.05. The number of benzene rings is 1. The molecule has 0 aromatic heterocycles. The van der Waals surface area contributed by atoms with Crippen molar-refractivity contribution in [3.63, 3.8) is 0 Å². The average molecular weight is 440 g/mol. The number of carbonyl (C=O) groups is 3. The third kappa shape index (κ3) is 4.93. The Hall–Kier alpha value is -3.35. The standard InChI is InChI=1S/C25H29NO6/c1-14(25(31)32-18-10-5-4-6-11-18)13-17-9-7-8-12-19(17)22-20(23(27)28)15(2)26-16(3)21(22)24(29)30/h7-9,12-13,18,22,26H,4-6,10-11H2,1-3H3,(H,27,28)(H,29,30)/b14-13+. The zero-order valence-electron chi connectivity index (χ0n) is 18.6. The predicted octanol–water partition coefficient (Wildman–Crippen LogP) is 4.37. The maximum atomic E-state index is 12.6. The van der Waals surface area contributed by atoms with Crippen LogP contribution in [0.3, 0.4) is 0 Å². The van der Waals surface area contributed by atoms with Gasteiger partial charge in [0.15, 0.2) is 0 Å². The van der Waals surface area contributed by atoms with Gasteiger partial charge in [0.05, 0.1) is 17.1 Å². The second-order valence-corrected chi connectivity index (χ2v) is 8.37. The monoisotopic (exact) mass is 439 g/mol. The van der Waals surface area contributed by atoms with Gasteiger partial charge in [0.1, 0.15) is 6.10 Å². The molecule has 0 radical (unpaired) electrons. The van der Waals surface area contributed by atoms with Crippen molar-refractivity contribution in [1.82, 2.24) is 5.32 Å². The maximum Gasteiger partial charge on any atom is 0.334 e. The molecule has 170 valence electrons. The predicted molar refractivity (Wildman–Crippen MR) is 120 cm³/mol. The van der Waals surface area contributed by atoms with Crippen molar-refractivity contribution in [3.8, 4) is 0 Å². The number of rotatable bonds is 6. The number of esters is 1. The van der Waals surface area contributed by atoms with E-state index in [-0.39, 0.29) is 17.3 Å². The minimum atomic E-state index is -1.20. The second kappa shape index (κ2) is 9.85. The highest BCUT2D eigenvalue weighted by Crippen LogP contribution is 2.40. The van der Waals surface area contributed by atoms with E-state index in [1.165, 1.54) is 0 Å². The van der Waals surface area contributed by atoms with Crippen LogP contribution in [0.5, 0.6) is 0 Å². The fourth-order valence-electron chi connectivity index (χ4n) is 4.50. The second-order valence-electron chi connectivity index (χ2n) is 8.37. The zero-order valence-corrected chi connectivity index (χ0v) is 18.6. The Morgan fingerprint density at radius 3 is 2.09 bits per heavy atom. The van der Waals surface area contributed by atoms with Crippen LogP contribution in [0.2, 0.25) is 0 Å². The molecule has 3 N–H and O–H groups in total. The summed E-state index contributed by atoms with van der Waals surface area (Å²) in [7, 11) is 0. The van der Waals surface area contributed by atoms with Crippen molar-refractivity contribution in [2.24, 2.45) is 0 Å². The number of allylic oxidation sites excluding steroid dienone is 2. The lowest BCUT2D eigenvalue weighted by Crippen LogP contribution is -2.31. The van der Waals surface area contributed by atoms with Crippen LogP contribution in [0.25, 0.3) is 6.08 Å². The third-order valence-corrected chi connectivity index (χ3v) is 6.05. The highest BCUT2D eigenvalue weighted by molar-refractivity contribution is 5.99. The van der Waals surface area contributed by atoms with Gasteiger partial charge >= 0.3 is 17.9 Å². The smallest absolute Gasteiger partial charge is 0.334 e. The van der Waals surface area contributed by atoms with E-state index in [2.05, 4.69) is 5.32 Å². The topological polar surface area (TPSA) is 113 Å². The van der Waals surface area contributed by atoms with Crippen LogP contribution < -0.4 is 5.32 Å². The van der Waals surface area contributed by atoms with Gasteiger partial charge in [-0.1, -0.05) is 30.7 Å². The van der Waals surface area contributed by atoms with E-state index in [4.69, 9.17) is 4.74 Å². The van der Waals surface area contributed by atoms with Crippen molar-refractivity contribution in [2.45, 2.75) is 64.9 Å². The molecule has 0 spiro atoms. The van der Waals surface area contributed by atoms with Crippen LogP contribution in [-0.4, -0.2) is 34.2 Å². The Labute approximate surface area is 187 Å². The fraction of sp³-hybridized carbons (Fsp3) is 0.400. The highest BCUT2D eigenvalue weighted by Gasteiger charge is 2.37. The summed E-state index contributed by atoms with van der Waals surface area (Å²) in [6.07, 6.45) is 6.55. The van der Waals surface area contributed by atoms with Crippen LogP contribution in [0.15, 0.2) is 52.4 Å². The molecule has 32 heavy (non-hydrogen) atoms. The van der Waals surface area contributed by atoms with Gasteiger partial charge < -0.3 is 20.3 Å². The van der Waals surface area contributed by atoms with Crippen LogP contribution in [-0.2, 0) is 19.1 Å². The summed E-state index contributed by atoms with van der Waals surface area (Å²) in [6.45, 7) is 4.89. The minimum Gasteiger partial charge on any atom is -0.478 e. The molecule has 0 bridgehead atoms. The van der Waals surface area contributed by atoms with Gasteiger partial charge in [0.2, 0.25) is 0 Å². The Balaban J connectivity index is 2.02. The van der Waals surface area contributed by atoms with Crippen molar-refractivity contribution < 1.29 is 29.3 Å². The normalized spacial score (nSPS) is 18.4. The Morgan fingerprint density at radius 2 is 1.53 bits per heavy atom. The first-order valence-corrected chi connectivity index (χ1v) is 10.8. The van der Waals surface area contributed by atoms with Crippen molar-refractivity contribution >= 4 is 24.0 Å². The lowest BCUT2D eigenvalue weighted by molar-refractivity contribution is -0.145. The summed E-state index contributed by atoms with van der Waals surface area (Å²) < 4.78 is 5.64. The highest BCUT2D eigenvalue weighted by atomic mass is 16.5. The first kappa shape index (κ1) is 23.3. The molecule has 1 fully saturated rings. The van der Waals surface area contributed by atoms with Gasteiger partial charge in [0, 0.05) is 17.0 Å². The zero-order chi connectivity index (χ0) is 23.4. The van der Waals surface area contributed by atoms with E-state index < -0.39 is 23.8 Å². The van der Waals surface area contributed by atoms with Crippen molar-refractivity contribution in [1.29, 1.82) is 0 Å². The average Bonchev–Trinajstić information content (AvgIpc) is 2.73. The molecule has 0 saturated heterocycles. The largest absolute Gasteiger partial charge is 0.478 e. The molecule has 1 saturated carbocycles. The van der Waals surface area contributed by atoms with Crippen LogP contribution in [0, 0.1) is 0 Å². The molecule has 1 heterocycles. The molecular formula is C25H29NO6. The molecule has 1 aliphatic carbocycles. The molecule has 0 atom stereocenters. The van der Waals surface area contributed by atoms with E-state index in [1.807, 2.05) is 0 Å². The summed E-state index contributed by atoms with van der Waals surface area (Å²) in [5, 5.41) is 22.6. The van der Waals surface area contributed by atoms with E-state index in [0.29, 0.717) is 28.1 Å². The van der Waals surface area contributed by atoms with E-state index in [1.54, 1.807) is 51.1 Å². The Morgan fingerprint density at radius 1 is 0.969 bits per heavy atom. The lowest BCUT2D eigenvalue weighted by atomic mass is 9.78. The molecular weight excluding hydrogens is 410 g/mol. The summed E-state index contributed by atoms with van der Waals surface area (Å²) in [5.41, 5.74) is 2.18. The summed E-state index contributed by atoms with van der Waals surface area (Å²) in [6, 6.07) is 6.95. The molecule has 1 aromatic carbocycles. The van der Waals surface area contributed by atoms with Crippen LogP contribution in [0.4, 0.5) is 0 Å². The number of carboxylic acid groups (broad SMARTS) is 2. The molecule has 0 unspecified atom stereocenters. The first-order valence-electron chi connectivity index (χ1n) is 10.8. The van der Waals surface area contributed by atoms with E-state index >= 15 is 0 Å². The number of dihydropyridines is 1. The van der Waals surface area contributed by atoms with Gasteiger partial charge in [-0.3, -0.25) is 0 Å². The SMILES string of the molecule is CC1=C(C(=O)O)C(c2ccccc2/C=C(\C)C(=O)OC2CCCCC2)C(C(=O)O)=C(C)N1. The number of hydrogen-bond donors (Lipinski definition) is 3.